The Labute approximate surface area is 300 Å². The van der Waals surface area contributed by atoms with E-state index in [9.17, 15) is 9.59 Å². The number of fused-ring (bicyclic) bond motifs is 6. The normalized spacial score (nSPS) is 40.4. The van der Waals surface area contributed by atoms with Crippen molar-refractivity contribution in [2.45, 2.75) is 125 Å². The van der Waals surface area contributed by atoms with Crippen molar-refractivity contribution in [2.75, 3.05) is 13.7 Å². The number of benzene rings is 2. The molecule has 5 heteroatoms. The number of carbonyl (C=O) groups is 2. The summed E-state index contributed by atoms with van der Waals surface area (Å²) in [5, 5.41) is 0. The Morgan fingerprint density at radius 2 is 1.36 bits per heavy atom. The van der Waals surface area contributed by atoms with Crippen LogP contribution in [0.25, 0.3) is 0 Å². The molecule has 0 radical (unpaired) electrons. The number of methoxy groups -OCH3 is 1. The molecule has 0 unspecified atom stereocenters. The Bertz CT molecular complexity index is 1650. The average Bonchev–Trinajstić information content (AvgIpc) is 3.11. The molecule has 0 bridgehead atoms. The fourth-order valence-corrected chi connectivity index (χ4v) is 12.5. The van der Waals surface area contributed by atoms with Crippen LogP contribution in [-0.2, 0) is 14.2 Å². The summed E-state index contributed by atoms with van der Waals surface area (Å²) in [6.45, 7) is 17.8. The fraction of sp³-hybridized carbons (Fsp3) is 0.644. The molecule has 0 aliphatic heterocycles. The number of carbonyl (C=O) groups excluding carboxylic acids is 2. The molecule has 50 heavy (non-hydrogen) atoms. The van der Waals surface area contributed by atoms with Crippen molar-refractivity contribution in [3.05, 3.63) is 82.9 Å². The summed E-state index contributed by atoms with van der Waals surface area (Å²) >= 11 is 0. The zero-order valence-electron chi connectivity index (χ0n) is 31.9. The van der Waals surface area contributed by atoms with Gasteiger partial charge in [0, 0.05) is 17.9 Å². The Balaban J connectivity index is 1.18. The van der Waals surface area contributed by atoms with E-state index in [0.717, 1.165) is 38.5 Å². The topological polar surface area (TPSA) is 61.8 Å². The summed E-state index contributed by atoms with van der Waals surface area (Å²) in [6.07, 6.45) is 10.8. The van der Waals surface area contributed by atoms with Crippen molar-refractivity contribution < 1.29 is 23.8 Å². The van der Waals surface area contributed by atoms with E-state index < -0.39 is 0 Å². The lowest BCUT2D eigenvalue weighted by Gasteiger charge is -2.70. The molecule has 2 aromatic carbocycles. The molecule has 2 aromatic rings. The van der Waals surface area contributed by atoms with E-state index in [4.69, 9.17) is 14.2 Å². The van der Waals surface area contributed by atoms with Crippen LogP contribution in [0, 0.1) is 44.3 Å². The number of ether oxygens (including phenoxy) is 3. The highest BCUT2D eigenvalue weighted by molar-refractivity contribution is 5.89. The first-order valence-electron chi connectivity index (χ1n) is 19.4. The number of hydrogen-bond donors (Lipinski definition) is 0. The molecule has 0 spiro atoms. The molecule has 3 fully saturated rings. The predicted octanol–water partition coefficient (Wildman–Crippen LogP) is 10.6. The third-order valence-electron chi connectivity index (χ3n) is 15.9. The zero-order valence-corrected chi connectivity index (χ0v) is 31.9. The molecule has 5 aliphatic carbocycles. The SMILES string of the molecule is CO[C@@H]1C[C@H]2C(C)(C)[C@H](OC(=O)c3ccccc3)CC[C@]2(C)C2=C1[C@@]1(C)CC[C@@]3(C)CC[C@@](C)(COC(=O)c4ccccc4)C[C@H]3[C@]1(C)CC2. The fourth-order valence-electron chi connectivity index (χ4n) is 12.5. The van der Waals surface area contributed by atoms with E-state index in [-0.39, 0.29) is 56.6 Å². The van der Waals surface area contributed by atoms with Gasteiger partial charge in [0.25, 0.3) is 0 Å². The van der Waals surface area contributed by atoms with Crippen molar-refractivity contribution in [2.24, 2.45) is 44.3 Å². The van der Waals surface area contributed by atoms with Gasteiger partial charge in [-0.05, 0) is 128 Å². The van der Waals surface area contributed by atoms with Crippen LogP contribution in [-0.4, -0.2) is 37.9 Å². The standard InChI is InChI=1S/C45H60O5/c1-40(2)34-27-33(48-8)37-32(43(34,5)21-20-36(40)50-39(47)31-17-13-10-14-18-31)19-22-44(6)35-28-41(3,23-24-42(35,4)25-26-45(37,44)7)29-49-38(46)30-15-11-9-12-16-30/h9-18,33-36H,19-29H2,1-8H3/t33-,34+,35-,36-,41-,42-,43-,44+,45-/m1/s1. The van der Waals surface area contributed by atoms with Crippen molar-refractivity contribution in [1.29, 1.82) is 0 Å². The molecule has 5 nitrogen and oxygen atoms in total. The minimum absolute atomic E-state index is 0.0269. The lowest BCUT2D eigenvalue weighted by atomic mass is 9.35. The van der Waals surface area contributed by atoms with Crippen molar-refractivity contribution in [3.8, 4) is 0 Å². The summed E-state index contributed by atoms with van der Waals surface area (Å²) in [5.41, 5.74) is 4.73. The molecule has 9 atom stereocenters. The monoisotopic (exact) mass is 680 g/mol. The summed E-state index contributed by atoms with van der Waals surface area (Å²) in [6, 6.07) is 18.8. The minimum Gasteiger partial charge on any atom is -0.462 e. The number of esters is 2. The van der Waals surface area contributed by atoms with Gasteiger partial charge in [0.2, 0.25) is 0 Å². The summed E-state index contributed by atoms with van der Waals surface area (Å²) in [7, 11) is 1.92. The quantitative estimate of drug-likeness (QED) is 0.224. The van der Waals surface area contributed by atoms with E-state index in [0.29, 0.717) is 29.6 Å². The zero-order chi connectivity index (χ0) is 35.7. The summed E-state index contributed by atoms with van der Waals surface area (Å²) in [4.78, 5) is 26.3. The Morgan fingerprint density at radius 1 is 0.740 bits per heavy atom. The lowest BCUT2D eigenvalue weighted by molar-refractivity contribution is -0.171. The number of hydrogen-bond acceptors (Lipinski definition) is 5. The molecule has 7 rings (SSSR count). The van der Waals surface area contributed by atoms with Gasteiger partial charge in [0.1, 0.15) is 6.10 Å². The van der Waals surface area contributed by atoms with Gasteiger partial charge in [-0.25, -0.2) is 9.59 Å². The van der Waals surface area contributed by atoms with Crippen LogP contribution in [0.15, 0.2) is 71.8 Å². The van der Waals surface area contributed by atoms with Gasteiger partial charge >= 0.3 is 11.9 Å². The van der Waals surface area contributed by atoms with Gasteiger partial charge in [-0.15, -0.1) is 0 Å². The maximum absolute atomic E-state index is 13.3. The van der Waals surface area contributed by atoms with Crippen LogP contribution >= 0.6 is 0 Å². The highest BCUT2D eigenvalue weighted by atomic mass is 16.5. The van der Waals surface area contributed by atoms with Crippen LogP contribution in [0.3, 0.4) is 0 Å². The number of allylic oxidation sites excluding steroid dienone is 1. The second-order valence-corrected chi connectivity index (χ2v) is 18.9. The molecule has 0 heterocycles. The number of rotatable bonds is 6. The Kier molecular flexibility index (Phi) is 8.76. The molecule has 0 amide bonds. The van der Waals surface area contributed by atoms with Gasteiger partial charge in [-0.3, -0.25) is 0 Å². The van der Waals surface area contributed by atoms with Gasteiger partial charge in [-0.2, -0.15) is 0 Å². The van der Waals surface area contributed by atoms with E-state index >= 15 is 0 Å². The maximum atomic E-state index is 13.3. The molecular formula is C45H60O5. The van der Waals surface area contributed by atoms with Gasteiger partial charge in [0.05, 0.1) is 23.8 Å². The molecular weight excluding hydrogens is 620 g/mol. The molecule has 270 valence electrons. The van der Waals surface area contributed by atoms with E-state index in [1.54, 1.807) is 11.1 Å². The smallest absolute Gasteiger partial charge is 0.338 e. The van der Waals surface area contributed by atoms with Crippen molar-refractivity contribution in [1.82, 2.24) is 0 Å². The Morgan fingerprint density at radius 3 is 2.00 bits per heavy atom. The predicted molar refractivity (Wildman–Crippen MR) is 198 cm³/mol. The second kappa shape index (κ2) is 12.3. The first-order chi connectivity index (χ1) is 23.6. The first-order valence-corrected chi connectivity index (χ1v) is 19.4. The van der Waals surface area contributed by atoms with Gasteiger partial charge < -0.3 is 14.2 Å². The first kappa shape index (κ1) is 35.5. The second-order valence-electron chi connectivity index (χ2n) is 18.9. The third kappa shape index (κ3) is 5.42. The van der Waals surface area contributed by atoms with E-state index in [1.165, 1.54) is 25.7 Å². The maximum Gasteiger partial charge on any atom is 0.338 e. The van der Waals surface area contributed by atoms with Gasteiger partial charge in [-0.1, -0.05) is 90.4 Å². The van der Waals surface area contributed by atoms with Gasteiger partial charge in [0.15, 0.2) is 0 Å². The summed E-state index contributed by atoms with van der Waals surface area (Å²) < 4.78 is 19.0. The molecule has 0 saturated heterocycles. The van der Waals surface area contributed by atoms with Crippen LogP contribution in [0.5, 0.6) is 0 Å². The van der Waals surface area contributed by atoms with Crippen LogP contribution in [0.4, 0.5) is 0 Å². The van der Waals surface area contributed by atoms with Crippen LogP contribution in [0.2, 0.25) is 0 Å². The average molecular weight is 681 g/mol. The summed E-state index contributed by atoms with van der Waals surface area (Å²) in [5.74, 6) is 0.448. The van der Waals surface area contributed by atoms with Crippen molar-refractivity contribution >= 4 is 11.9 Å². The largest absolute Gasteiger partial charge is 0.462 e. The highest BCUT2D eigenvalue weighted by Gasteiger charge is 2.68. The minimum atomic E-state index is -0.216. The molecule has 0 aromatic heterocycles. The van der Waals surface area contributed by atoms with Crippen LogP contribution in [0.1, 0.15) is 133 Å². The Hall–Kier alpha value is -2.92. The third-order valence-corrected chi connectivity index (χ3v) is 15.9. The van der Waals surface area contributed by atoms with Crippen molar-refractivity contribution in [3.63, 3.8) is 0 Å². The van der Waals surface area contributed by atoms with Crippen LogP contribution < -0.4 is 0 Å². The van der Waals surface area contributed by atoms with E-state index in [1.807, 2.05) is 67.8 Å². The van der Waals surface area contributed by atoms with E-state index in [2.05, 4.69) is 48.5 Å². The molecule has 0 N–H and O–H groups in total. The highest BCUT2D eigenvalue weighted by Crippen LogP contribution is 2.75. The molecule has 3 saturated carbocycles. The molecule has 5 aliphatic rings. The lowest BCUT2D eigenvalue weighted by Crippen LogP contribution is -2.63.